The summed E-state index contributed by atoms with van der Waals surface area (Å²) in [7, 11) is 0. The predicted molar refractivity (Wildman–Crippen MR) is 79.0 cm³/mol. The third-order valence-corrected chi connectivity index (χ3v) is 4.66. The lowest BCUT2D eigenvalue weighted by molar-refractivity contribution is 0.0461. The summed E-state index contributed by atoms with van der Waals surface area (Å²) in [6.07, 6.45) is 3.24. The van der Waals surface area contributed by atoms with Crippen LogP contribution >= 0.6 is 11.3 Å². The van der Waals surface area contributed by atoms with E-state index in [1.165, 1.54) is 17.7 Å². The van der Waals surface area contributed by atoms with Crippen LogP contribution in [-0.2, 0) is 6.54 Å². The molecule has 0 N–H and O–H groups in total. The Labute approximate surface area is 125 Å². The van der Waals surface area contributed by atoms with E-state index in [1.54, 1.807) is 6.33 Å². The number of carbonyl (C=O) groups excluding carboxylic acids is 1. The smallest absolute Gasteiger partial charge is 0.282 e. The number of rotatable bonds is 3. The van der Waals surface area contributed by atoms with Gasteiger partial charge in [-0.2, -0.15) is 5.10 Å². The first-order chi connectivity index (χ1) is 10.3. The van der Waals surface area contributed by atoms with Crippen LogP contribution in [0.15, 0.2) is 36.9 Å². The second kappa shape index (κ2) is 4.92. The van der Waals surface area contributed by atoms with Crippen molar-refractivity contribution in [3.63, 3.8) is 0 Å². The van der Waals surface area contributed by atoms with Gasteiger partial charge in [-0.1, -0.05) is 12.1 Å². The van der Waals surface area contributed by atoms with E-state index in [-0.39, 0.29) is 5.91 Å². The summed E-state index contributed by atoms with van der Waals surface area (Å²) in [5.74, 6) is 0.482. The molecule has 3 aromatic rings. The molecule has 2 aromatic heterocycles. The quantitative estimate of drug-likeness (QED) is 0.738. The Morgan fingerprint density at radius 3 is 2.95 bits per heavy atom. The average molecular weight is 299 g/mol. The highest BCUT2D eigenvalue weighted by Gasteiger charge is 2.32. The Kier molecular flexibility index (Phi) is 2.92. The first-order valence-corrected chi connectivity index (χ1v) is 7.58. The normalized spacial score (nSPS) is 15.3. The van der Waals surface area contributed by atoms with Gasteiger partial charge in [0.05, 0.1) is 10.2 Å². The van der Waals surface area contributed by atoms with Crippen LogP contribution in [0.5, 0.6) is 0 Å². The molecular weight excluding hydrogens is 286 g/mol. The van der Waals surface area contributed by atoms with Crippen molar-refractivity contribution in [1.82, 2.24) is 24.6 Å². The van der Waals surface area contributed by atoms with E-state index >= 15 is 0 Å². The number of benzene rings is 1. The van der Waals surface area contributed by atoms with E-state index in [0.717, 1.165) is 29.9 Å². The SMILES string of the molecule is O=C(c1nc2ccccc2s1)N1CC(Cn2cncn2)C1. The molecule has 0 aliphatic carbocycles. The molecule has 1 aliphatic heterocycles. The van der Waals surface area contributed by atoms with E-state index in [4.69, 9.17) is 0 Å². The molecular formula is C14H13N5OS. The number of hydrogen-bond acceptors (Lipinski definition) is 5. The zero-order valence-electron chi connectivity index (χ0n) is 11.2. The molecule has 21 heavy (non-hydrogen) atoms. The summed E-state index contributed by atoms with van der Waals surface area (Å²) in [5.41, 5.74) is 0.894. The van der Waals surface area contributed by atoms with Gasteiger partial charge in [-0.25, -0.2) is 9.97 Å². The molecule has 6 nitrogen and oxygen atoms in total. The molecule has 7 heteroatoms. The molecule has 0 bridgehead atoms. The summed E-state index contributed by atoms with van der Waals surface area (Å²) in [6, 6.07) is 7.83. The maximum Gasteiger partial charge on any atom is 0.282 e. The van der Waals surface area contributed by atoms with E-state index < -0.39 is 0 Å². The molecule has 0 radical (unpaired) electrons. The molecule has 1 fully saturated rings. The fourth-order valence-corrected chi connectivity index (χ4v) is 3.48. The van der Waals surface area contributed by atoms with Gasteiger partial charge in [0, 0.05) is 25.6 Å². The second-order valence-electron chi connectivity index (χ2n) is 5.18. The third kappa shape index (κ3) is 2.29. The van der Waals surface area contributed by atoms with Crippen LogP contribution in [0.25, 0.3) is 10.2 Å². The monoisotopic (exact) mass is 299 g/mol. The number of hydrogen-bond donors (Lipinski definition) is 0. The molecule has 0 atom stereocenters. The molecule has 106 valence electrons. The van der Waals surface area contributed by atoms with Gasteiger partial charge in [0.15, 0.2) is 5.01 Å². The van der Waals surface area contributed by atoms with E-state index in [2.05, 4.69) is 15.1 Å². The van der Waals surface area contributed by atoms with Gasteiger partial charge in [-0.15, -0.1) is 11.3 Å². The van der Waals surface area contributed by atoms with Gasteiger partial charge in [-0.3, -0.25) is 9.48 Å². The minimum absolute atomic E-state index is 0.0334. The Morgan fingerprint density at radius 1 is 1.33 bits per heavy atom. The van der Waals surface area contributed by atoms with Gasteiger partial charge < -0.3 is 4.90 Å². The van der Waals surface area contributed by atoms with Crippen LogP contribution in [0.4, 0.5) is 0 Å². The van der Waals surface area contributed by atoms with Crippen molar-refractivity contribution in [2.75, 3.05) is 13.1 Å². The standard InChI is InChI=1S/C14H13N5OS/c20-14(13-17-11-3-1-2-4-12(11)21-13)18-5-10(6-18)7-19-9-15-8-16-19/h1-4,8-10H,5-7H2. The van der Waals surface area contributed by atoms with E-state index in [0.29, 0.717) is 10.9 Å². The number of fused-ring (bicyclic) bond motifs is 1. The summed E-state index contributed by atoms with van der Waals surface area (Å²) in [6.45, 7) is 2.33. The summed E-state index contributed by atoms with van der Waals surface area (Å²) in [4.78, 5) is 22.6. The van der Waals surface area contributed by atoms with Crippen molar-refractivity contribution in [2.45, 2.75) is 6.54 Å². The van der Waals surface area contributed by atoms with Crippen LogP contribution in [0.2, 0.25) is 0 Å². The maximum absolute atomic E-state index is 12.4. The average Bonchev–Trinajstić information content (AvgIpc) is 3.10. The molecule has 1 amide bonds. The van der Waals surface area contributed by atoms with Crippen molar-refractivity contribution in [3.8, 4) is 0 Å². The number of thiazole rings is 1. The lowest BCUT2D eigenvalue weighted by Crippen LogP contribution is -2.51. The number of nitrogens with zero attached hydrogens (tertiary/aromatic N) is 5. The number of likely N-dealkylation sites (tertiary alicyclic amines) is 1. The zero-order valence-corrected chi connectivity index (χ0v) is 12.0. The van der Waals surface area contributed by atoms with E-state index in [9.17, 15) is 4.79 Å². The van der Waals surface area contributed by atoms with Crippen LogP contribution < -0.4 is 0 Å². The van der Waals surface area contributed by atoms with Crippen LogP contribution in [0, 0.1) is 5.92 Å². The van der Waals surface area contributed by atoms with Crippen molar-refractivity contribution in [3.05, 3.63) is 41.9 Å². The Balaban J connectivity index is 1.42. The molecule has 0 spiro atoms. The van der Waals surface area contributed by atoms with Gasteiger partial charge >= 0.3 is 0 Å². The van der Waals surface area contributed by atoms with Gasteiger partial charge in [0.1, 0.15) is 12.7 Å². The topological polar surface area (TPSA) is 63.9 Å². The van der Waals surface area contributed by atoms with Crippen LogP contribution in [-0.4, -0.2) is 43.6 Å². The van der Waals surface area contributed by atoms with Crippen molar-refractivity contribution in [2.24, 2.45) is 5.92 Å². The summed E-state index contributed by atoms with van der Waals surface area (Å²) in [5, 5.41) is 4.67. The summed E-state index contributed by atoms with van der Waals surface area (Å²) >= 11 is 1.46. The zero-order chi connectivity index (χ0) is 14.2. The first kappa shape index (κ1) is 12.5. The lowest BCUT2D eigenvalue weighted by Gasteiger charge is -2.38. The molecule has 1 aliphatic rings. The largest absolute Gasteiger partial charge is 0.336 e. The van der Waals surface area contributed by atoms with Gasteiger partial charge in [0.25, 0.3) is 5.91 Å². The first-order valence-electron chi connectivity index (χ1n) is 6.77. The molecule has 1 saturated heterocycles. The Bertz CT molecular complexity index is 743. The molecule has 0 unspecified atom stereocenters. The number of para-hydroxylation sites is 1. The molecule has 0 saturated carbocycles. The Hall–Kier alpha value is -2.28. The number of carbonyl (C=O) groups is 1. The highest BCUT2D eigenvalue weighted by Crippen LogP contribution is 2.26. The number of amides is 1. The Morgan fingerprint density at radius 2 is 2.19 bits per heavy atom. The van der Waals surface area contributed by atoms with Gasteiger partial charge in [-0.05, 0) is 12.1 Å². The fraction of sp³-hybridized carbons (Fsp3) is 0.286. The second-order valence-corrected chi connectivity index (χ2v) is 6.21. The lowest BCUT2D eigenvalue weighted by atomic mass is 10.0. The van der Waals surface area contributed by atoms with Crippen LogP contribution in [0.3, 0.4) is 0 Å². The number of aromatic nitrogens is 4. The molecule has 4 rings (SSSR count). The van der Waals surface area contributed by atoms with Crippen molar-refractivity contribution >= 4 is 27.5 Å². The van der Waals surface area contributed by atoms with Crippen molar-refractivity contribution in [1.29, 1.82) is 0 Å². The van der Waals surface area contributed by atoms with Crippen molar-refractivity contribution < 1.29 is 4.79 Å². The molecule has 3 heterocycles. The summed E-state index contributed by atoms with van der Waals surface area (Å²) < 4.78 is 2.87. The fourth-order valence-electron chi connectivity index (χ4n) is 2.54. The van der Waals surface area contributed by atoms with E-state index in [1.807, 2.05) is 33.8 Å². The minimum Gasteiger partial charge on any atom is -0.336 e. The maximum atomic E-state index is 12.4. The predicted octanol–water partition coefficient (Wildman–Crippen LogP) is 1.66. The third-order valence-electron chi connectivity index (χ3n) is 3.63. The van der Waals surface area contributed by atoms with Crippen LogP contribution in [0.1, 0.15) is 9.80 Å². The highest BCUT2D eigenvalue weighted by molar-refractivity contribution is 7.20. The highest BCUT2D eigenvalue weighted by atomic mass is 32.1. The molecule has 1 aromatic carbocycles. The minimum atomic E-state index is 0.0334. The van der Waals surface area contributed by atoms with Gasteiger partial charge in [0.2, 0.25) is 0 Å².